The van der Waals surface area contributed by atoms with E-state index in [2.05, 4.69) is 9.27 Å². The van der Waals surface area contributed by atoms with Crippen molar-refractivity contribution >= 4 is 34.2 Å². The van der Waals surface area contributed by atoms with E-state index in [1.165, 1.54) is 11.5 Å². The molecule has 32 heavy (non-hydrogen) atoms. The second-order valence-electron chi connectivity index (χ2n) is 7.50. The molecule has 0 atom stereocenters. The zero-order valence-electron chi connectivity index (χ0n) is 18.1. The van der Waals surface area contributed by atoms with Crippen LogP contribution in [0.1, 0.15) is 28.2 Å². The van der Waals surface area contributed by atoms with Crippen LogP contribution < -0.4 is 14.4 Å². The molecule has 1 saturated heterocycles. The summed E-state index contributed by atoms with van der Waals surface area (Å²) in [6, 6.07) is 13.0. The van der Waals surface area contributed by atoms with Crippen LogP contribution in [0.4, 0.5) is 5.13 Å². The van der Waals surface area contributed by atoms with Gasteiger partial charge in [0.2, 0.25) is 5.13 Å². The molecule has 0 spiro atoms. The highest BCUT2D eigenvalue weighted by Gasteiger charge is 2.24. The van der Waals surface area contributed by atoms with E-state index in [-0.39, 0.29) is 5.91 Å². The number of aromatic nitrogens is 2. The van der Waals surface area contributed by atoms with E-state index in [1.807, 2.05) is 29.2 Å². The highest BCUT2D eigenvalue weighted by Crippen LogP contribution is 2.27. The van der Waals surface area contributed by atoms with Crippen molar-refractivity contribution in [1.29, 1.82) is 0 Å². The summed E-state index contributed by atoms with van der Waals surface area (Å²) in [6.45, 7) is 2.83. The van der Waals surface area contributed by atoms with Crippen molar-refractivity contribution in [2.24, 2.45) is 0 Å². The summed E-state index contributed by atoms with van der Waals surface area (Å²) in [6.07, 6.45) is 1.53. The Morgan fingerprint density at radius 1 is 1.06 bits per heavy atom. The van der Waals surface area contributed by atoms with E-state index in [9.17, 15) is 4.79 Å². The molecule has 2 heterocycles. The van der Waals surface area contributed by atoms with Crippen molar-refractivity contribution in [1.82, 2.24) is 14.3 Å². The van der Waals surface area contributed by atoms with Gasteiger partial charge in [-0.3, -0.25) is 4.79 Å². The number of methoxy groups -OCH3 is 2. The van der Waals surface area contributed by atoms with Gasteiger partial charge in [-0.1, -0.05) is 23.7 Å². The molecule has 1 amide bonds. The van der Waals surface area contributed by atoms with Crippen LogP contribution in [-0.2, 0) is 6.42 Å². The molecule has 2 aromatic carbocycles. The molecule has 1 aliphatic rings. The minimum absolute atomic E-state index is 0.0351. The van der Waals surface area contributed by atoms with Crippen LogP contribution in [0.2, 0.25) is 5.02 Å². The fraction of sp³-hybridized carbons (Fsp3) is 0.348. The molecule has 0 bridgehead atoms. The summed E-state index contributed by atoms with van der Waals surface area (Å²) < 4.78 is 15.2. The van der Waals surface area contributed by atoms with Gasteiger partial charge in [-0.05, 0) is 36.2 Å². The van der Waals surface area contributed by atoms with E-state index in [0.29, 0.717) is 43.1 Å². The molecule has 7 nitrogen and oxygen atoms in total. The first-order valence-electron chi connectivity index (χ1n) is 10.4. The van der Waals surface area contributed by atoms with Crippen molar-refractivity contribution in [2.45, 2.75) is 12.8 Å². The van der Waals surface area contributed by atoms with Gasteiger partial charge >= 0.3 is 0 Å². The molecule has 0 N–H and O–H groups in total. The minimum atomic E-state index is -0.0351. The average molecular weight is 473 g/mol. The van der Waals surface area contributed by atoms with Crippen molar-refractivity contribution in [2.75, 3.05) is 45.3 Å². The molecule has 1 aliphatic heterocycles. The number of carbonyl (C=O) groups excluding carboxylic acids is 1. The molecule has 0 radical (unpaired) electrons. The molecule has 168 valence electrons. The topological polar surface area (TPSA) is 67.8 Å². The van der Waals surface area contributed by atoms with E-state index in [1.54, 1.807) is 32.4 Å². The van der Waals surface area contributed by atoms with Crippen molar-refractivity contribution in [3.63, 3.8) is 0 Å². The first-order chi connectivity index (χ1) is 15.6. The van der Waals surface area contributed by atoms with Crippen molar-refractivity contribution in [3.8, 4) is 11.5 Å². The predicted molar refractivity (Wildman–Crippen MR) is 126 cm³/mol. The Morgan fingerprint density at radius 3 is 2.62 bits per heavy atom. The predicted octanol–water partition coefficient (Wildman–Crippen LogP) is 4.15. The van der Waals surface area contributed by atoms with Crippen LogP contribution in [0.5, 0.6) is 11.5 Å². The number of benzene rings is 2. The molecule has 0 unspecified atom stereocenters. The van der Waals surface area contributed by atoms with Crippen LogP contribution in [0.3, 0.4) is 0 Å². The lowest BCUT2D eigenvalue weighted by Crippen LogP contribution is -2.35. The SMILES string of the molecule is COc1ccc(C(=O)N2CCCN(c3nc(Cc4ccc(Cl)cc4)ns3)CC2)c(OC)c1. The fourth-order valence-electron chi connectivity index (χ4n) is 3.69. The van der Waals surface area contributed by atoms with Crippen LogP contribution >= 0.6 is 23.1 Å². The summed E-state index contributed by atoms with van der Waals surface area (Å²) in [5.41, 5.74) is 1.67. The normalized spacial score (nSPS) is 14.2. The van der Waals surface area contributed by atoms with E-state index in [0.717, 1.165) is 34.5 Å². The molecule has 0 saturated carbocycles. The lowest BCUT2D eigenvalue weighted by molar-refractivity contribution is 0.0763. The quantitative estimate of drug-likeness (QED) is 0.536. The standard InChI is InChI=1S/C23H25ClN4O3S/c1-30-18-8-9-19(20(15-18)31-2)22(29)27-10-3-11-28(13-12-27)23-25-21(26-32-23)14-16-4-6-17(24)7-5-16/h4-9,15H,3,10-14H2,1-2H3. The lowest BCUT2D eigenvalue weighted by atomic mass is 10.1. The second-order valence-corrected chi connectivity index (χ2v) is 8.66. The van der Waals surface area contributed by atoms with Gasteiger partial charge in [0, 0.05) is 55.2 Å². The van der Waals surface area contributed by atoms with Gasteiger partial charge in [0.1, 0.15) is 17.3 Å². The van der Waals surface area contributed by atoms with Gasteiger partial charge in [0.25, 0.3) is 5.91 Å². The lowest BCUT2D eigenvalue weighted by Gasteiger charge is -2.22. The van der Waals surface area contributed by atoms with Gasteiger partial charge in [-0.2, -0.15) is 4.37 Å². The van der Waals surface area contributed by atoms with Crippen LogP contribution in [0.25, 0.3) is 0 Å². The Bertz CT molecular complexity index is 1070. The number of anilines is 1. The molecule has 1 aromatic heterocycles. The maximum absolute atomic E-state index is 13.2. The second kappa shape index (κ2) is 10.2. The van der Waals surface area contributed by atoms with E-state index >= 15 is 0 Å². The van der Waals surface area contributed by atoms with Crippen LogP contribution in [0, 0.1) is 0 Å². The Kier molecular flexibility index (Phi) is 7.12. The summed E-state index contributed by atoms with van der Waals surface area (Å²) >= 11 is 7.37. The average Bonchev–Trinajstić information content (AvgIpc) is 3.14. The number of carbonyl (C=O) groups is 1. The van der Waals surface area contributed by atoms with E-state index < -0.39 is 0 Å². The summed E-state index contributed by atoms with van der Waals surface area (Å²) in [5.74, 6) is 1.94. The Morgan fingerprint density at radius 2 is 1.88 bits per heavy atom. The largest absolute Gasteiger partial charge is 0.497 e. The zero-order chi connectivity index (χ0) is 22.5. The number of amides is 1. The highest BCUT2D eigenvalue weighted by atomic mass is 35.5. The number of ether oxygens (including phenoxy) is 2. The third-order valence-corrected chi connectivity index (χ3v) is 6.49. The molecule has 3 aromatic rings. The maximum Gasteiger partial charge on any atom is 0.257 e. The molecule has 4 rings (SSSR count). The fourth-order valence-corrected chi connectivity index (χ4v) is 4.55. The summed E-state index contributed by atoms with van der Waals surface area (Å²) in [5, 5.41) is 1.61. The van der Waals surface area contributed by atoms with Crippen molar-refractivity contribution in [3.05, 3.63) is 64.4 Å². The first-order valence-corrected chi connectivity index (χ1v) is 11.6. The molecule has 9 heteroatoms. The zero-order valence-corrected chi connectivity index (χ0v) is 19.7. The van der Waals surface area contributed by atoms with Gasteiger partial charge in [0.05, 0.1) is 19.8 Å². The van der Waals surface area contributed by atoms with Gasteiger partial charge < -0.3 is 19.3 Å². The molecular formula is C23H25ClN4O3S. The number of nitrogens with zero attached hydrogens (tertiary/aromatic N) is 4. The van der Waals surface area contributed by atoms with Gasteiger partial charge in [-0.15, -0.1) is 0 Å². The number of halogens is 1. The molecule has 0 aliphatic carbocycles. The minimum Gasteiger partial charge on any atom is -0.497 e. The smallest absolute Gasteiger partial charge is 0.257 e. The third kappa shape index (κ3) is 5.14. The number of rotatable bonds is 6. The van der Waals surface area contributed by atoms with Crippen LogP contribution in [-0.4, -0.2) is 60.6 Å². The van der Waals surface area contributed by atoms with Crippen LogP contribution in [0.15, 0.2) is 42.5 Å². The van der Waals surface area contributed by atoms with Gasteiger partial charge in [0.15, 0.2) is 0 Å². The van der Waals surface area contributed by atoms with Gasteiger partial charge in [-0.25, -0.2) is 4.98 Å². The maximum atomic E-state index is 13.2. The first kappa shape index (κ1) is 22.4. The summed E-state index contributed by atoms with van der Waals surface area (Å²) in [7, 11) is 3.15. The van der Waals surface area contributed by atoms with Crippen molar-refractivity contribution < 1.29 is 14.3 Å². The Hall–Kier alpha value is -2.84. The van der Waals surface area contributed by atoms with E-state index in [4.69, 9.17) is 26.1 Å². The Balaban J connectivity index is 1.41. The third-order valence-electron chi connectivity index (χ3n) is 5.43. The highest BCUT2D eigenvalue weighted by molar-refractivity contribution is 7.09. The Labute approximate surface area is 196 Å². The molecule has 1 fully saturated rings. The monoisotopic (exact) mass is 472 g/mol. The number of hydrogen-bond acceptors (Lipinski definition) is 7. The molecular weight excluding hydrogens is 448 g/mol. The summed E-state index contributed by atoms with van der Waals surface area (Å²) in [4.78, 5) is 22.0. The number of hydrogen-bond donors (Lipinski definition) is 0.